The molecule has 4 rings (SSSR count). The van der Waals surface area contributed by atoms with E-state index in [-0.39, 0.29) is 10.9 Å². The van der Waals surface area contributed by atoms with Crippen LogP contribution >= 0.6 is 0 Å². The molecule has 1 saturated heterocycles. The predicted molar refractivity (Wildman–Crippen MR) is 94.3 cm³/mol. The Morgan fingerprint density at radius 2 is 1.96 bits per heavy atom. The molecule has 138 valence electrons. The highest BCUT2D eigenvalue weighted by Crippen LogP contribution is 2.35. The van der Waals surface area contributed by atoms with E-state index in [9.17, 15) is 12.8 Å². The standard InChI is InChI=1S/C18H21FN4O2S/c1-22-10-8-16-13(12-22)11-20-18(21-16)17-3-2-9-23(17)26(24,25)15-6-4-14(19)5-7-15/h4-7,11,17H,2-3,8-10,12H2,1H3/t17-/m0/s1. The molecule has 0 aliphatic carbocycles. The van der Waals surface area contributed by atoms with Crippen LogP contribution in [-0.2, 0) is 23.0 Å². The third-order valence-electron chi connectivity index (χ3n) is 5.07. The molecule has 0 unspecified atom stereocenters. The average molecular weight is 376 g/mol. The minimum Gasteiger partial charge on any atom is -0.302 e. The Hall–Kier alpha value is -1.90. The number of rotatable bonds is 3. The Labute approximate surface area is 152 Å². The third-order valence-corrected chi connectivity index (χ3v) is 6.99. The maximum Gasteiger partial charge on any atom is 0.243 e. The summed E-state index contributed by atoms with van der Waals surface area (Å²) in [6, 6.07) is 4.59. The molecule has 2 aliphatic rings. The van der Waals surface area contributed by atoms with Gasteiger partial charge in [-0.05, 0) is 44.2 Å². The summed E-state index contributed by atoms with van der Waals surface area (Å²) >= 11 is 0. The molecule has 0 radical (unpaired) electrons. The summed E-state index contributed by atoms with van der Waals surface area (Å²) in [4.78, 5) is 11.5. The molecule has 26 heavy (non-hydrogen) atoms. The van der Waals surface area contributed by atoms with Crippen LogP contribution in [0.3, 0.4) is 0 Å². The van der Waals surface area contributed by atoms with Crippen LogP contribution < -0.4 is 0 Å². The fraction of sp³-hybridized carbons (Fsp3) is 0.444. The zero-order chi connectivity index (χ0) is 18.3. The van der Waals surface area contributed by atoms with Gasteiger partial charge in [-0.25, -0.2) is 22.8 Å². The van der Waals surface area contributed by atoms with Crippen LogP contribution in [0.1, 0.15) is 36.0 Å². The first-order chi connectivity index (χ1) is 12.4. The second-order valence-electron chi connectivity index (χ2n) is 6.92. The molecular formula is C18H21FN4O2S. The van der Waals surface area contributed by atoms with E-state index in [2.05, 4.69) is 16.9 Å². The lowest BCUT2D eigenvalue weighted by atomic mass is 10.1. The summed E-state index contributed by atoms with van der Waals surface area (Å²) in [5, 5.41) is 0. The first kappa shape index (κ1) is 17.5. The molecule has 0 amide bonds. The maximum absolute atomic E-state index is 13.1. The molecule has 0 N–H and O–H groups in total. The maximum atomic E-state index is 13.1. The van der Waals surface area contributed by atoms with Crippen LogP contribution in [0.25, 0.3) is 0 Å². The van der Waals surface area contributed by atoms with Gasteiger partial charge in [-0.1, -0.05) is 0 Å². The highest BCUT2D eigenvalue weighted by molar-refractivity contribution is 7.89. The van der Waals surface area contributed by atoms with Crippen LogP contribution in [0, 0.1) is 5.82 Å². The smallest absolute Gasteiger partial charge is 0.243 e. The number of likely N-dealkylation sites (N-methyl/N-ethyl adjacent to an activating group) is 1. The first-order valence-corrected chi connectivity index (χ1v) is 10.2. The topological polar surface area (TPSA) is 66.4 Å². The minimum atomic E-state index is -3.70. The number of halogens is 1. The summed E-state index contributed by atoms with van der Waals surface area (Å²) in [5.74, 6) is 0.112. The van der Waals surface area contributed by atoms with Crippen LogP contribution in [-0.4, -0.2) is 47.7 Å². The van der Waals surface area contributed by atoms with Gasteiger partial charge >= 0.3 is 0 Å². The second-order valence-corrected chi connectivity index (χ2v) is 8.81. The van der Waals surface area contributed by atoms with Gasteiger partial charge in [0, 0.05) is 43.5 Å². The van der Waals surface area contributed by atoms with E-state index >= 15 is 0 Å². The molecule has 1 aromatic carbocycles. The van der Waals surface area contributed by atoms with E-state index in [1.807, 2.05) is 6.20 Å². The monoisotopic (exact) mass is 376 g/mol. The van der Waals surface area contributed by atoms with Crippen LogP contribution in [0.5, 0.6) is 0 Å². The highest BCUT2D eigenvalue weighted by Gasteiger charge is 2.38. The lowest BCUT2D eigenvalue weighted by Gasteiger charge is -2.26. The Bertz CT molecular complexity index is 917. The average Bonchev–Trinajstić information content (AvgIpc) is 3.12. The predicted octanol–water partition coefficient (Wildman–Crippen LogP) is 2.13. The molecule has 3 heterocycles. The van der Waals surface area contributed by atoms with E-state index in [1.54, 1.807) is 0 Å². The quantitative estimate of drug-likeness (QED) is 0.821. The van der Waals surface area contributed by atoms with Crippen molar-refractivity contribution in [2.45, 2.75) is 36.7 Å². The summed E-state index contributed by atoms with van der Waals surface area (Å²) in [6.45, 7) is 2.18. The molecule has 0 saturated carbocycles. The van der Waals surface area contributed by atoms with Crippen molar-refractivity contribution < 1.29 is 12.8 Å². The summed E-state index contributed by atoms with van der Waals surface area (Å²) in [6.07, 6.45) is 4.13. The van der Waals surface area contributed by atoms with Crippen molar-refractivity contribution in [1.29, 1.82) is 0 Å². The largest absolute Gasteiger partial charge is 0.302 e. The van der Waals surface area contributed by atoms with E-state index in [0.717, 1.165) is 37.2 Å². The van der Waals surface area contributed by atoms with Gasteiger partial charge in [-0.3, -0.25) is 0 Å². The summed E-state index contributed by atoms with van der Waals surface area (Å²) < 4.78 is 40.6. The van der Waals surface area contributed by atoms with Crippen molar-refractivity contribution in [3.05, 3.63) is 53.4 Å². The Morgan fingerprint density at radius 3 is 2.73 bits per heavy atom. The van der Waals surface area contributed by atoms with E-state index in [4.69, 9.17) is 4.98 Å². The van der Waals surface area contributed by atoms with Gasteiger partial charge in [0.25, 0.3) is 0 Å². The molecule has 1 aromatic heterocycles. The van der Waals surface area contributed by atoms with Gasteiger partial charge in [0.1, 0.15) is 11.6 Å². The van der Waals surface area contributed by atoms with E-state index in [1.165, 1.54) is 28.6 Å². The van der Waals surface area contributed by atoms with Crippen molar-refractivity contribution in [1.82, 2.24) is 19.2 Å². The Kier molecular flexibility index (Phi) is 4.50. The van der Waals surface area contributed by atoms with Gasteiger partial charge in [0.15, 0.2) is 0 Å². The van der Waals surface area contributed by atoms with Crippen LogP contribution in [0.4, 0.5) is 4.39 Å². The van der Waals surface area contributed by atoms with E-state index < -0.39 is 15.8 Å². The number of hydrogen-bond acceptors (Lipinski definition) is 5. The molecule has 2 aromatic rings. The van der Waals surface area contributed by atoms with Crippen molar-refractivity contribution >= 4 is 10.0 Å². The molecule has 0 bridgehead atoms. The molecule has 8 heteroatoms. The van der Waals surface area contributed by atoms with Crippen molar-refractivity contribution in [3.63, 3.8) is 0 Å². The lowest BCUT2D eigenvalue weighted by Crippen LogP contribution is -2.33. The summed E-state index contributed by atoms with van der Waals surface area (Å²) in [5.41, 5.74) is 2.12. The molecule has 0 spiro atoms. The van der Waals surface area contributed by atoms with Gasteiger partial charge < -0.3 is 4.90 Å². The molecule has 1 fully saturated rings. The van der Waals surface area contributed by atoms with Crippen molar-refractivity contribution in [2.75, 3.05) is 20.1 Å². The fourth-order valence-electron chi connectivity index (χ4n) is 3.66. The van der Waals surface area contributed by atoms with Crippen LogP contribution in [0.2, 0.25) is 0 Å². The number of aromatic nitrogens is 2. The van der Waals surface area contributed by atoms with Gasteiger partial charge in [-0.15, -0.1) is 0 Å². The van der Waals surface area contributed by atoms with E-state index in [0.29, 0.717) is 18.8 Å². The number of sulfonamides is 1. The number of benzene rings is 1. The zero-order valence-corrected chi connectivity index (χ0v) is 15.4. The Morgan fingerprint density at radius 1 is 1.19 bits per heavy atom. The molecule has 6 nitrogen and oxygen atoms in total. The number of fused-ring (bicyclic) bond motifs is 1. The first-order valence-electron chi connectivity index (χ1n) is 8.76. The lowest BCUT2D eigenvalue weighted by molar-refractivity contribution is 0.306. The summed E-state index contributed by atoms with van der Waals surface area (Å²) in [7, 11) is -1.64. The van der Waals surface area contributed by atoms with Crippen LogP contribution in [0.15, 0.2) is 35.4 Å². The van der Waals surface area contributed by atoms with Gasteiger partial charge in [-0.2, -0.15) is 4.31 Å². The highest BCUT2D eigenvalue weighted by atomic mass is 32.2. The molecule has 2 aliphatic heterocycles. The van der Waals surface area contributed by atoms with Gasteiger partial charge in [0.2, 0.25) is 10.0 Å². The SMILES string of the molecule is CN1CCc2nc([C@@H]3CCCN3S(=O)(=O)c3ccc(F)cc3)ncc2C1. The normalized spacial score (nSPS) is 21.7. The zero-order valence-electron chi connectivity index (χ0n) is 14.6. The van der Waals surface area contributed by atoms with Gasteiger partial charge in [0.05, 0.1) is 10.9 Å². The number of nitrogens with zero attached hydrogens (tertiary/aromatic N) is 4. The fourth-order valence-corrected chi connectivity index (χ4v) is 5.32. The van der Waals surface area contributed by atoms with Crippen molar-refractivity contribution in [3.8, 4) is 0 Å². The second kappa shape index (κ2) is 6.68. The number of hydrogen-bond donors (Lipinski definition) is 0. The molecular weight excluding hydrogens is 355 g/mol. The third kappa shape index (κ3) is 3.13. The Balaban J connectivity index is 1.66. The minimum absolute atomic E-state index is 0.102. The van der Waals surface area contributed by atoms with Crippen molar-refractivity contribution in [2.24, 2.45) is 0 Å². The molecule has 1 atom stereocenters.